The number of anilines is 2. The number of aryl methyl sites for hydroxylation is 1. The Bertz CT molecular complexity index is 695. The van der Waals surface area contributed by atoms with Crippen LogP contribution in [-0.4, -0.2) is 21.4 Å². The van der Waals surface area contributed by atoms with E-state index in [2.05, 4.69) is 20.6 Å². The van der Waals surface area contributed by atoms with Crippen LogP contribution in [-0.2, 0) is 0 Å². The van der Waals surface area contributed by atoms with Crippen molar-refractivity contribution in [1.29, 1.82) is 0 Å². The van der Waals surface area contributed by atoms with Gasteiger partial charge >= 0.3 is 0 Å². The average molecular weight is 302 g/mol. The first-order valence-electron chi connectivity index (χ1n) is 6.94. The Morgan fingerprint density at radius 1 is 1.18 bits per heavy atom. The Morgan fingerprint density at radius 2 is 1.86 bits per heavy atom. The van der Waals surface area contributed by atoms with E-state index in [0.29, 0.717) is 11.6 Å². The van der Waals surface area contributed by atoms with E-state index < -0.39 is 11.7 Å². The van der Waals surface area contributed by atoms with E-state index in [1.807, 2.05) is 20.8 Å². The summed E-state index contributed by atoms with van der Waals surface area (Å²) in [5, 5.41) is 5.70. The van der Waals surface area contributed by atoms with E-state index >= 15 is 0 Å². The van der Waals surface area contributed by atoms with Crippen LogP contribution in [0.1, 0.15) is 37.1 Å². The molecule has 0 saturated heterocycles. The zero-order valence-electron chi connectivity index (χ0n) is 13.1. The average Bonchev–Trinajstić information content (AvgIpc) is 2.38. The molecule has 0 aliphatic carbocycles. The van der Waals surface area contributed by atoms with Gasteiger partial charge in [0.25, 0.3) is 5.91 Å². The number of carbonyl (C=O) groups is 1. The van der Waals surface area contributed by atoms with E-state index in [4.69, 9.17) is 0 Å². The van der Waals surface area contributed by atoms with Gasteiger partial charge in [-0.2, -0.15) is 0 Å². The first kappa shape index (κ1) is 15.9. The van der Waals surface area contributed by atoms with Crippen molar-refractivity contribution in [3.05, 3.63) is 47.7 Å². The molecule has 0 bridgehead atoms. The number of aromatic nitrogens is 2. The standard InChI is InChI=1S/C16H19FN4O/c1-10-18-13(9-14(19-10)21-16(2,3)4)15(22)20-12-8-6-5-7-11(12)17/h5-9H,1-4H3,(H,20,22)(H,18,19,21). The Kier molecular flexibility index (Phi) is 4.40. The summed E-state index contributed by atoms with van der Waals surface area (Å²) in [6, 6.07) is 7.54. The van der Waals surface area contributed by atoms with Gasteiger partial charge in [0.15, 0.2) is 0 Å². The number of nitrogens with zero attached hydrogens (tertiary/aromatic N) is 2. The molecule has 0 unspecified atom stereocenters. The lowest BCUT2D eigenvalue weighted by Gasteiger charge is -2.21. The zero-order valence-corrected chi connectivity index (χ0v) is 13.1. The third-order valence-corrected chi connectivity index (χ3v) is 2.70. The molecule has 0 fully saturated rings. The molecule has 0 aliphatic rings. The van der Waals surface area contributed by atoms with Crippen molar-refractivity contribution in [1.82, 2.24) is 9.97 Å². The molecule has 1 amide bonds. The molecule has 0 radical (unpaired) electrons. The lowest BCUT2D eigenvalue weighted by molar-refractivity contribution is 0.102. The Morgan fingerprint density at radius 3 is 2.50 bits per heavy atom. The smallest absolute Gasteiger partial charge is 0.274 e. The molecule has 0 saturated carbocycles. The fraction of sp³-hybridized carbons (Fsp3) is 0.312. The molecule has 0 atom stereocenters. The predicted molar refractivity (Wildman–Crippen MR) is 84.5 cm³/mol. The molecular weight excluding hydrogens is 283 g/mol. The summed E-state index contributed by atoms with van der Waals surface area (Å²) in [4.78, 5) is 20.6. The van der Waals surface area contributed by atoms with Crippen LogP contribution in [0.2, 0.25) is 0 Å². The predicted octanol–water partition coefficient (Wildman–Crippen LogP) is 3.39. The largest absolute Gasteiger partial charge is 0.365 e. The highest BCUT2D eigenvalue weighted by atomic mass is 19.1. The third-order valence-electron chi connectivity index (χ3n) is 2.70. The van der Waals surface area contributed by atoms with E-state index in [9.17, 15) is 9.18 Å². The van der Waals surface area contributed by atoms with Gasteiger partial charge in [-0.3, -0.25) is 4.79 Å². The first-order valence-corrected chi connectivity index (χ1v) is 6.94. The van der Waals surface area contributed by atoms with Crippen LogP contribution in [0.3, 0.4) is 0 Å². The summed E-state index contributed by atoms with van der Waals surface area (Å²) >= 11 is 0. The van der Waals surface area contributed by atoms with Crippen molar-refractivity contribution in [3.63, 3.8) is 0 Å². The van der Waals surface area contributed by atoms with Gasteiger partial charge in [0, 0.05) is 11.6 Å². The van der Waals surface area contributed by atoms with E-state index in [-0.39, 0.29) is 16.9 Å². The number of halogens is 1. The van der Waals surface area contributed by atoms with Crippen molar-refractivity contribution in [2.24, 2.45) is 0 Å². The highest BCUT2D eigenvalue weighted by Gasteiger charge is 2.15. The lowest BCUT2D eigenvalue weighted by atomic mass is 10.1. The topological polar surface area (TPSA) is 66.9 Å². The Hall–Kier alpha value is -2.50. The van der Waals surface area contributed by atoms with Crippen LogP contribution in [0.15, 0.2) is 30.3 Å². The normalized spacial score (nSPS) is 11.1. The van der Waals surface area contributed by atoms with Crippen LogP contribution in [0, 0.1) is 12.7 Å². The van der Waals surface area contributed by atoms with Crippen LogP contribution >= 0.6 is 0 Å². The highest BCUT2D eigenvalue weighted by molar-refractivity contribution is 6.03. The molecule has 2 rings (SSSR count). The summed E-state index contributed by atoms with van der Waals surface area (Å²) in [6.45, 7) is 7.67. The Labute approximate surface area is 129 Å². The summed E-state index contributed by atoms with van der Waals surface area (Å²) in [5.41, 5.74) is 0.108. The minimum atomic E-state index is -0.491. The number of amides is 1. The van der Waals surface area contributed by atoms with E-state index in [1.54, 1.807) is 25.1 Å². The Balaban J connectivity index is 2.24. The van der Waals surface area contributed by atoms with Crippen LogP contribution in [0.4, 0.5) is 15.9 Å². The second-order valence-corrected chi connectivity index (χ2v) is 5.99. The van der Waals surface area contributed by atoms with Gasteiger partial charge in [-0.05, 0) is 39.8 Å². The molecule has 0 aliphatic heterocycles. The van der Waals surface area contributed by atoms with Crippen LogP contribution in [0.25, 0.3) is 0 Å². The minimum absolute atomic E-state index is 0.120. The number of hydrogen-bond donors (Lipinski definition) is 2. The van der Waals surface area contributed by atoms with E-state index in [0.717, 1.165) is 0 Å². The van der Waals surface area contributed by atoms with Gasteiger partial charge in [-0.15, -0.1) is 0 Å². The summed E-state index contributed by atoms with van der Waals surface area (Å²) in [7, 11) is 0. The summed E-state index contributed by atoms with van der Waals surface area (Å²) in [5.74, 6) is 0.0499. The number of benzene rings is 1. The minimum Gasteiger partial charge on any atom is -0.365 e. The van der Waals surface area contributed by atoms with Crippen LogP contribution in [0.5, 0.6) is 0 Å². The van der Waals surface area contributed by atoms with Crippen molar-refractivity contribution in [2.75, 3.05) is 10.6 Å². The van der Waals surface area contributed by atoms with Crippen molar-refractivity contribution >= 4 is 17.4 Å². The molecule has 2 N–H and O–H groups in total. The highest BCUT2D eigenvalue weighted by Crippen LogP contribution is 2.16. The maximum atomic E-state index is 13.6. The molecule has 116 valence electrons. The lowest BCUT2D eigenvalue weighted by Crippen LogP contribution is -2.27. The van der Waals surface area contributed by atoms with Gasteiger partial charge in [0.1, 0.15) is 23.2 Å². The molecule has 22 heavy (non-hydrogen) atoms. The molecule has 1 aromatic heterocycles. The second-order valence-electron chi connectivity index (χ2n) is 5.99. The third kappa shape index (κ3) is 4.25. The molecule has 5 nitrogen and oxygen atoms in total. The molecule has 1 aromatic carbocycles. The SMILES string of the molecule is Cc1nc(NC(C)(C)C)cc(C(=O)Nc2ccccc2F)n1. The van der Waals surface area contributed by atoms with Gasteiger partial charge in [0.05, 0.1) is 5.69 Å². The number of para-hydroxylation sites is 1. The fourth-order valence-electron chi connectivity index (χ4n) is 1.88. The van der Waals surface area contributed by atoms with Crippen LogP contribution < -0.4 is 10.6 Å². The molecule has 1 heterocycles. The number of hydrogen-bond acceptors (Lipinski definition) is 4. The number of rotatable bonds is 3. The molecular formula is C16H19FN4O. The molecule has 0 spiro atoms. The summed E-state index contributed by atoms with van der Waals surface area (Å²) < 4.78 is 13.6. The van der Waals surface area contributed by atoms with Gasteiger partial charge < -0.3 is 10.6 Å². The van der Waals surface area contributed by atoms with Gasteiger partial charge in [-0.1, -0.05) is 12.1 Å². The molecule has 6 heteroatoms. The zero-order chi connectivity index (χ0) is 16.3. The maximum absolute atomic E-state index is 13.6. The quantitative estimate of drug-likeness (QED) is 0.912. The van der Waals surface area contributed by atoms with Crippen molar-refractivity contribution in [2.45, 2.75) is 33.2 Å². The van der Waals surface area contributed by atoms with Gasteiger partial charge in [0.2, 0.25) is 0 Å². The number of carbonyl (C=O) groups excluding carboxylic acids is 1. The monoisotopic (exact) mass is 302 g/mol. The second kappa shape index (κ2) is 6.09. The maximum Gasteiger partial charge on any atom is 0.274 e. The van der Waals surface area contributed by atoms with Crippen molar-refractivity contribution < 1.29 is 9.18 Å². The van der Waals surface area contributed by atoms with Crippen molar-refractivity contribution in [3.8, 4) is 0 Å². The number of nitrogens with one attached hydrogen (secondary N) is 2. The fourth-order valence-corrected chi connectivity index (χ4v) is 1.88. The van der Waals surface area contributed by atoms with E-state index in [1.165, 1.54) is 12.1 Å². The first-order chi connectivity index (χ1) is 10.2. The van der Waals surface area contributed by atoms with Gasteiger partial charge in [-0.25, -0.2) is 14.4 Å². The summed E-state index contributed by atoms with van der Waals surface area (Å²) in [6.07, 6.45) is 0. The molecule has 2 aromatic rings.